The Morgan fingerprint density at radius 3 is 2.74 bits per heavy atom. The summed E-state index contributed by atoms with van der Waals surface area (Å²) in [5.41, 5.74) is 2.57. The molecule has 0 bridgehead atoms. The summed E-state index contributed by atoms with van der Waals surface area (Å²) in [4.78, 5) is 14.0. The predicted molar refractivity (Wildman–Crippen MR) is 78.9 cm³/mol. The molecule has 0 unspecified atom stereocenters. The van der Waals surface area contributed by atoms with Crippen molar-refractivity contribution in [1.29, 1.82) is 0 Å². The number of carbonyl (C=O) groups excluding carboxylic acids is 1. The molecule has 0 fully saturated rings. The summed E-state index contributed by atoms with van der Waals surface area (Å²) in [5, 5.41) is 3.67. The van der Waals surface area contributed by atoms with E-state index in [9.17, 15) is 4.79 Å². The molecule has 0 aliphatic carbocycles. The molecule has 0 saturated carbocycles. The van der Waals surface area contributed by atoms with Crippen LogP contribution in [0.25, 0.3) is 0 Å². The molecule has 0 saturated heterocycles. The van der Waals surface area contributed by atoms with Gasteiger partial charge in [-0.25, -0.2) is 4.79 Å². The van der Waals surface area contributed by atoms with Crippen molar-refractivity contribution < 1.29 is 4.79 Å². The number of fused-ring (bicyclic) bond motifs is 1. The lowest BCUT2D eigenvalue weighted by Crippen LogP contribution is -2.38. The van der Waals surface area contributed by atoms with Gasteiger partial charge in [0.25, 0.3) is 0 Å². The van der Waals surface area contributed by atoms with Crippen LogP contribution in [0.5, 0.6) is 0 Å². The molecular weight excluding hydrogens is 280 g/mol. The van der Waals surface area contributed by atoms with E-state index in [4.69, 9.17) is 11.6 Å². The van der Waals surface area contributed by atoms with E-state index in [2.05, 4.69) is 17.4 Å². The van der Waals surface area contributed by atoms with Crippen LogP contribution >= 0.6 is 22.9 Å². The molecule has 0 atom stereocenters. The van der Waals surface area contributed by atoms with Crippen molar-refractivity contribution in [2.75, 3.05) is 11.9 Å². The molecule has 2 aromatic rings. The van der Waals surface area contributed by atoms with E-state index >= 15 is 0 Å². The van der Waals surface area contributed by atoms with Crippen molar-refractivity contribution in [2.45, 2.75) is 13.0 Å². The molecule has 5 heteroatoms. The summed E-state index contributed by atoms with van der Waals surface area (Å²) in [6.07, 6.45) is 0.911. The number of nitrogens with one attached hydrogen (secondary N) is 1. The van der Waals surface area contributed by atoms with Gasteiger partial charge in [0, 0.05) is 13.1 Å². The number of hydrogen-bond donors (Lipinski definition) is 1. The standard InChI is InChI=1S/C14H13ClN2OS/c15-12-5-6-13(19-12)16-14(18)17-8-7-10-3-1-2-4-11(10)9-17/h1-6H,7-9H2,(H,16,18). The van der Waals surface area contributed by atoms with Gasteiger partial charge in [-0.05, 0) is 29.7 Å². The number of urea groups is 1. The van der Waals surface area contributed by atoms with Crippen molar-refractivity contribution in [2.24, 2.45) is 0 Å². The van der Waals surface area contributed by atoms with Gasteiger partial charge in [-0.1, -0.05) is 35.9 Å². The Kier molecular flexibility index (Phi) is 3.44. The maximum atomic E-state index is 12.2. The molecule has 2 amide bonds. The molecule has 0 spiro atoms. The van der Waals surface area contributed by atoms with E-state index in [1.807, 2.05) is 23.1 Å². The summed E-state index contributed by atoms with van der Waals surface area (Å²) in [7, 11) is 0. The second-order valence-electron chi connectivity index (χ2n) is 4.47. The fourth-order valence-electron chi connectivity index (χ4n) is 2.23. The molecule has 3 nitrogen and oxygen atoms in total. The zero-order chi connectivity index (χ0) is 13.2. The Hall–Kier alpha value is -1.52. The number of carbonyl (C=O) groups is 1. The van der Waals surface area contributed by atoms with Crippen LogP contribution in [-0.2, 0) is 13.0 Å². The van der Waals surface area contributed by atoms with Crippen LogP contribution in [-0.4, -0.2) is 17.5 Å². The highest BCUT2D eigenvalue weighted by molar-refractivity contribution is 7.20. The minimum absolute atomic E-state index is 0.0620. The molecule has 98 valence electrons. The molecule has 1 aromatic heterocycles. The maximum absolute atomic E-state index is 12.2. The fraction of sp³-hybridized carbons (Fsp3) is 0.214. The zero-order valence-corrected chi connectivity index (χ0v) is 11.8. The van der Waals surface area contributed by atoms with E-state index in [0.29, 0.717) is 10.9 Å². The summed E-state index contributed by atoms with van der Waals surface area (Å²) in [5.74, 6) is 0. The van der Waals surface area contributed by atoms with Gasteiger partial charge in [0.1, 0.15) is 0 Å². The van der Waals surface area contributed by atoms with Crippen molar-refractivity contribution in [3.05, 3.63) is 51.9 Å². The zero-order valence-electron chi connectivity index (χ0n) is 10.2. The first kappa shape index (κ1) is 12.5. The Balaban J connectivity index is 1.69. The normalized spacial score (nSPS) is 14.1. The third kappa shape index (κ3) is 2.74. The number of amides is 2. The van der Waals surface area contributed by atoms with Gasteiger partial charge in [0.2, 0.25) is 0 Å². The van der Waals surface area contributed by atoms with Crippen LogP contribution in [0.15, 0.2) is 36.4 Å². The molecule has 0 radical (unpaired) electrons. The monoisotopic (exact) mass is 292 g/mol. The molecule has 3 rings (SSSR count). The van der Waals surface area contributed by atoms with Gasteiger partial charge in [-0.2, -0.15) is 0 Å². The second kappa shape index (κ2) is 5.23. The Bertz CT molecular complexity index is 611. The molecule has 19 heavy (non-hydrogen) atoms. The van der Waals surface area contributed by atoms with Crippen LogP contribution in [0.3, 0.4) is 0 Å². The van der Waals surface area contributed by atoms with Crippen molar-refractivity contribution in [1.82, 2.24) is 4.90 Å². The van der Waals surface area contributed by atoms with E-state index in [1.54, 1.807) is 6.07 Å². The number of rotatable bonds is 1. The Morgan fingerprint density at radius 1 is 1.21 bits per heavy atom. The molecule has 1 aliphatic rings. The SMILES string of the molecule is O=C(Nc1ccc(Cl)s1)N1CCc2ccccc2C1. The third-order valence-corrected chi connectivity index (χ3v) is 4.37. The number of anilines is 1. The minimum Gasteiger partial charge on any atom is -0.320 e. The topological polar surface area (TPSA) is 32.3 Å². The first-order valence-corrected chi connectivity index (χ1v) is 7.30. The van der Waals surface area contributed by atoms with Crippen LogP contribution in [0.2, 0.25) is 4.34 Å². The fourth-order valence-corrected chi connectivity index (χ4v) is 3.17. The van der Waals surface area contributed by atoms with E-state index in [0.717, 1.165) is 18.0 Å². The molecule has 1 aliphatic heterocycles. The van der Waals surface area contributed by atoms with Crippen LogP contribution in [0.4, 0.5) is 9.80 Å². The lowest BCUT2D eigenvalue weighted by atomic mass is 10.0. The quantitative estimate of drug-likeness (QED) is 0.847. The lowest BCUT2D eigenvalue weighted by Gasteiger charge is -2.28. The summed E-state index contributed by atoms with van der Waals surface area (Å²) < 4.78 is 0.680. The molecule has 1 aromatic carbocycles. The highest BCUT2D eigenvalue weighted by atomic mass is 35.5. The van der Waals surface area contributed by atoms with Gasteiger partial charge in [-0.15, -0.1) is 11.3 Å². The number of halogens is 1. The number of thiophene rings is 1. The van der Waals surface area contributed by atoms with Crippen LogP contribution in [0.1, 0.15) is 11.1 Å². The third-order valence-electron chi connectivity index (χ3n) is 3.22. The van der Waals surface area contributed by atoms with Gasteiger partial charge >= 0.3 is 6.03 Å². The minimum atomic E-state index is -0.0620. The van der Waals surface area contributed by atoms with E-state index in [1.165, 1.54) is 22.5 Å². The highest BCUT2D eigenvalue weighted by Gasteiger charge is 2.20. The number of hydrogen-bond acceptors (Lipinski definition) is 2. The lowest BCUT2D eigenvalue weighted by molar-refractivity contribution is 0.206. The Morgan fingerprint density at radius 2 is 2.00 bits per heavy atom. The summed E-state index contributed by atoms with van der Waals surface area (Å²) >= 11 is 7.22. The molecule has 1 N–H and O–H groups in total. The average molecular weight is 293 g/mol. The molecule has 2 heterocycles. The summed E-state index contributed by atoms with van der Waals surface area (Å²) in [6, 6.07) is 11.8. The first-order valence-electron chi connectivity index (χ1n) is 6.10. The van der Waals surface area contributed by atoms with Crippen LogP contribution < -0.4 is 5.32 Å². The largest absolute Gasteiger partial charge is 0.322 e. The number of benzene rings is 1. The van der Waals surface area contributed by atoms with Crippen LogP contribution in [0, 0.1) is 0 Å². The summed E-state index contributed by atoms with van der Waals surface area (Å²) in [6.45, 7) is 1.42. The maximum Gasteiger partial charge on any atom is 0.322 e. The van der Waals surface area contributed by atoms with Crippen molar-refractivity contribution in [3.63, 3.8) is 0 Å². The first-order chi connectivity index (χ1) is 9.22. The van der Waals surface area contributed by atoms with Gasteiger partial charge in [0.05, 0.1) is 9.34 Å². The van der Waals surface area contributed by atoms with Crippen molar-refractivity contribution in [3.8, 4) is 0 Å². The predicted octanol–water partition coefficient (Wildman–Crippen LogP) is 3.99. The smallest absolute Gasteiger partial charge is 0.320 e. The second-order valence-corrected chi connectivity index (χ2v) is 6.19. The molecular formula is C14H13ClN2OS. The van der Waals surface area contributed by atoms with Crippen molar-refractivity contribution >= 4 is 34.0 Å². The van der Waals surface area contributed by atoms with Gasteiger partial charge < -0.3 is 4.90 Å². The highest BCUT2D eigenvalue weighted by Crippen LogP contribution is 2.27. The van der Waals surface area contributed by atoms with E-state index < -0.39 is 0 Å². The number of nitrogens with zero attached hydrogens (tertiary/aromatic N) is 1. The van der Waals surface area contributed by atoms with E-state index in [-0.39, 0.29) is 6.03 Å². The van der Waals surface area contributed by atoms with Gasteiger partial charge in [-0.3, -0.25) is 5.32 Å². The average Bonchev–Trinajstić information content (AvgIpc) is 2.83. The Labute approximate surface area is 120 Å². The van der Waals surface area contributed by atoms with Gasteiger partial charge in [0.15, 0.2) is 0 Å².